The van der Waals surface area contributed by atoms with Crippen LogP contribution in [-0.4, -0.2) is 25.3 Å². The maximum absolute atomic E-state index is 5.30. The van der Waals surface area contributed by atoms with Gasteiger partial charge in [0.2, 0.25) is 0 Å². The van der Waals surface area contributed by atoms with Gasteiger partial charge in [0.15, 0.2) is 0 Å². The second kappa shape index (κ2) is 6.01. The van der Waals surface area contributed by atoms with Crippen molar-refractivity contribution in [3.05, 3.63) is 0 Å². The zero-order chi connectivity index (χ0) is 10.3. The highest BCUT2D eigenvalue weighted by atomic mass is 16.5. The lowest BCUT2D eigenvalue weighted by molar-refractivity contribution is 0.0155. The van der Waals surface area contributed by atoms with E-state index in [1.54, 1.807) is 7.11 Å². The van der Waals surface area contributed by atoms with Crippen LogP contribution in [0.15, 0.2) is 0 Å². The fourth-order valence-corrected chi connectivity index (χ4v) is 0.971. The third-order valence-electron chi connectivity index (χ3n) is 2.20. The van der Waals surface area contributed by atoms with E-state index >= 15 is 0 Å². The molecule has 0 saturated carbocycles. The van der Waals surface area contributed by atoms with E-state index in [-0.39, 0.29) is 5.60 Å². The Morgan fingerprint density at radius 2 is 2.15 bits per heavy atom. The zero-order valence-corrected chi connectivity index (χ0v) is 9.18. The van der Waals surface area contributed by atoms with E-state index in [1.807, 2.05) is 0 Å². The van der Waals surface area contributed by atoms with E-state index in [4.69, 9.17) is 11.2 Å². The number of ether oxygens (including phenoxy) is 1. The molecule has 76 valence electrons. The molecule has 2 nitrogen and oxygen atoms in total. The second-order valence-electron chi connectivity index (χ2n) is 3.98. The van der Waals surface area contributed by atoms with Crippen LogP contribution in [0.4, 0.5) is 0 Å². The molecule has 1 N–H and O–H groups in total. The zero-order valence-electron chi connectivity index (χ0n) is 9.18. The van der Waals surface area contributed by atoms with E-state index in [9.17, 15) is 0 Å². The number of nitrogens with one attached hydrogen (secondary N) is 1. The smallest absolute Gasteiger partial charge is 0.0634 e. The molecule has 0 fully saturated rings. The summed E-state index contributed by atoms with van der Waals surface area (Å²) in [6.45, 7) is 7.21. The number of methoxy groups -OCH3 is 1. The Balaban J connectivity index is 3.51. The Hall–Kier alpha value is -0.520. The largest absolute Gasteiger partial charge is 0.379 e. The summed E-state index contributed by atoms with van der Waals surface area (Å²) >= 11 is 0. The van der Waals surface area contributed by atoms with Gasteiger partial charge in [-0.15, -0.1) is 12.3 Å². The monoisotopic (exact) mass is 183 g/mol. The van der Waals surface area contributed by atoms with Gasteiger partial charge in [0.05, 0.1) is 5.60 Å². The van der Waals surface area contributed by atoms with E-state index in [0.717, 1.165) is 19.4 Å². The van der Waals surface area contributed by atoms with Gasteiger partial charge in [0.1, 0.15) is 0 Å². The second-order valence-corrected chi connectivity index (χ2v) is 3.98. The number of hydrogen-bond donors (Lipinski definition) is 1. The summed E-state index contributed by atoms with van der Waals surface area (Å²) in [5.74, 6) is 2.64. The van der Waals surface area contributed by atoms with E-state index in [2.05, 4.69) is 32.0 Å². The molecule has 0 aliphatic rings. The first kappa shape index (κ1) is 12.5. The van der Waals surface area contributed by atoms with E-state index < -0.39 is 0 Å². The molecule has 0 spiro atoms. The molecule has 0 aromatic carbocycles. The first-order chi connectivity index (χ1) is 6.02. The van der Waals surface area contributed by atoms with Gasteiger partial charge in [0.25, 0.3) is 0 Å². The average Bonchev–Trinajstić information content (AvgIpc) is 2.05. The fraction of sp³-hybridized carbons (Fsp3) is 0.818. The molecule has 0 bridgehead atoms. The van der Waals surface area contributed by atoms with Crippen molar-refractivity contribution >= 4 is 0 Å². The summed E-state index contributed by atoms with van der Waals surface area (Å²) in [6, 6.07) is 0.401. The first-order valence-electron chi connectivity index (χ1n) is 4.74. The van der Waals surface area contributed by atoms with Crippen LogP contribution in [-0.2, 0) is 4.74 Å². The van der Waals surface area contributed by atoms with Gasteiger partial charge in [-0.2, -0.15) is 0 Å². The molecule has 0 saturated heterocycles. The molecule has 0 aromatic rings. The topological polar surface area (TPSA) is 21.3 Å². The summed E-state index contributed by atoms with van der Waals surface area (Å²) in [5, 5.41) is 3.35. The minimum atomic E-state index is -0.0388. The Morgan fingerprint density at radius 3 is 2.62 bits per heavy atom. The van der Waals surface area contributed by atoms with Gasteiger partial charge >= 0.3 is 0 Å². The average molecular weight is 183 g/mol. The molecule has 1 atom stereocenters. The molecular weight excluding hydrogens is 162 g/mol. The van der Waals surface area contributed by atoms with Gasteiger partial charge in [0, 0.05) is 19.6 Å². The standard InChI is InChI=1S/C11H21NO/c1-6-7-10(2)12-9-8-11(3,4)13-5/h1,10,12H,7-9H2,2-5H3. The molecule has 0 aromatic heterocycles. The molecule has 2 heteroatoms. The van der Waals surface area contributed by atoms with Crippen molar-refractivity contribution in [3.8, 4) is 12.3 Å². The SMILES string of the molecule is C#CCC(C)NCCC(C)(C)OC. The highest BCUT2D eigenvalue weighted by Crippen LogP contribution is 2.11. The van der Waals surface area contributed by atoms with Gasteiger partial charge in [-0.3, -0.25) is 0 Å². The van der Waals surface area contributed by atoms with Crippen molar-refractivity contribution in [2.75, 3.05) is 13.7 Å². The summed E-state index contributed by atoms with van der Waals surface area (Å²) in [5.41, 5.74) is -0.0388. The van der Waals surface area contributed by atoms with E-state index in [1.165, 1.54) is 0 Å². The lowest BCUT2D eigenvalue weighted by atomic mass is 10.1. The van der Waals surface area contributed by atoms with Crippen LogP contribution >= 0.6 is 0 Å². The van der Waals surface area contributed by atoms with Crippen LogP contribution in [0.5, 0.6) is 0 Å². The summed E-state index contributed by atoms with van der Waals surface area (Å²) in [4.78, 5) is 0. The maximum Gasteiger partial charge on any atom is 0.0634 e. The van der Waals surface area contributed by atoms with Gasteiger partial charge in [-0.05, 0) is 33.7 Å². The first-order valence-corrected chi connectivity index (χ1v) is 4.74. The highest BCUT2D eigenvalue weighted by Gasteiger charge is 2.15. The number of terminal acetylenes is 1. The Bertz CT molecular complexity index is 169. The molecule has 0 aliphatic carbocycles. The van der Waals surface area contributed by atoms with Crippen LogP contribution < -0.4 is 5.32 Å². The lowest BCUT2D eigenvalue weighted by Crippen LogP contribution is -2.33. The molecule has 0 radical (unpaired) electrons. The minimum absolute atomic E-state index is 0.0388. The quantitative estimate of drug-likeness (QED) is 0.634. The van der Waals surface area contributed by atoms with Gasteiger partial charge in [-0.25, -0.2) is 0 Å². The van der Waals surface area contributed by atoms with Gasteiger partial charge < -0.3 is 10.1 Å². The molecule has 0 aliphatic heterocycles. The van der Waals surface area contributed by atoms with Crippen LogP contribution in [0.3, 0.4) is 0 Å². The third-order valence-corrected chi connectivity index (χ3v) is 2.20. The molecule has 0 rings (SSSR count). The Morgan fingerprint density at radius 1 is 1.54 bits per heavy atom. The van der Waals surface area contributed by atoms with Crippen LogP contribution in [0, 0.1) is 12.3 Å². The summed E-state index contributed by atoms with van der Waals surface area (Å²) in [7, 11) is 1.74. The van der Waals surface area contributed by atoms with E-state index in [0.29, 0.717) is 6.04 Å². The van der Waals surface area contributed by atoms with Crippen LogP contribution in [0.25, 0.3) is 0 Å². The van der Waals surface area contributed by atoms with Crippen molar-refractivity contribution in [2.45, 2.75) is 45.3 Å². The molecule has 1 unspecified atom stereocenters. The Labute approximate surface area is 82.1 Å². The minimum Gasteiger partial charge on any atom is -0.379 e. The summed E-state index contributed by atoms with van der Waals surface area (Å²) in [6.07, 6.45) is 6.98. The highest BCUT2D eigenvalue weighted by molar-refractivity contribution is 4.88. The predicted octanol–water partition coefficient (Wildman–Crippen LogP) is 1.80. The number of rotatable bonds is 6. The molecule has 13 heavy (non-hydrogen) atoms. The molecule has 0 amide bonds. The fourth-order valence-electron chi connectivity index (χ4n) is 0.971. The van der Waals surface area contributed by atoms with Crippen molar-refractivity contribution in [1.29, 1.82) is 0 Å². The summed E-state index contributed by atoms with van der Waals surface area (Å²) < 4.78 is 5.30. The third kappa shape index (κ3) is 6.62. The van der Waals surface area contributed by atoms with Crippen molar-refractivity contribution in [3.63, 3.8) is 0 Å². The lowest BCUT2D eigenvalue weighted by Gasteiger charge is -2.23. The normalized spacial score (nSPS) is 13.8. The van der Waals surface area contributed by atoms with Gasteiger partial charge in [-0.1, -0.05) is 0 Å². The Kier molecular flexibility index (Phi) is 5.77. The van der Waals surface area contributed by atoms with Crippen molar-refractivity contribution in [1.82, 2.24) is 5.32 Å². The van der Waals surface area contributed by atoms with Crippen molar-refractivity contribution < 1.29 is 4.74 Å². The van der Waals surface area contributed by atoms with Crippen LogP contribution in [0.1, 0.15) is 33.6 Å². The number of hydrogen-bond acceptors (Lipinski definition) is 2. The molecular formula is C11H21NO. The maximum atomic E-state index is 5.30. The van der Waals surface area contributed by atoms with Crippen LogP contribution in [0.2, 0.25) is 0 Å². The van der Waals surface area contributed by atoms with Crippen molar-refractivity contribution in [2.24, 2.45) is 0 Å². The predicted molar refractivity (Wildman–Crippen MR) is 56.6 cm³/mol. The molecule has 0 heterocycles.